The van der Waals surface area contributed by atoms with Crippen LogP contribution in [0.2, 0.25) is 0 Å². The number of rotatable bonds is 2. The van der Waals surface area contributed by atoms with Gasteiger partial charge in [0.15, 0.2) is 0 Å². The third-order valence-electron chi connectivity index (χ3n) is 2.15. The molecule has 6 heteroatoms. The Kier molecular flexibility index (Phi) is 4.07. The third-order valence-corrected chi connectivity index (χ3v) is 2.61. The van der Waals surface area contributed by atoms with Crippen LogP contribution in [0.1, 0.15) is 16.8 Å². The monoisotopic (exact) mass is 291 g/mol. The van der Waals surface area contributed by atoms with Crippen molar-refractivity contribution in [1.29, 1.82) is 0 Å². The Balaban J connectivity index is 0.00000112. The summed E-state index contributed by atoms with van der Waals surface area (Å²) in [6, 6.07) is 3.73. The number of halogens is 2. The molecule has 4 nitrogen and oxygen atoms in total. The van der Waals surface area contributed by atoms with Crippen LogP contribution in [0, 0.1) is 0 Å². The van der Waals surface area contributed by atoms with Crippen molar-refractivity contribution in [3.05, 3.63) is 28.5 Å². The Morgan fingerprint density at radius 1 is 1.60 bits per heavy atom. The highest BCUT2D eigenvalue weighted by atomic mass is 79.9. The molecule has 0 spiro atoms. The largest absolute Gasteiger partial charge is 0.348 e. The van der Waals surface area contributed by atoms with Crippen molar-refractivity contribution >= 4 is 34.2 Å². The average molecular weight is 293 g/mol. The number of amides is 1. The molecule has 2 rings (SSSR count). The highest BCUT2D eigenvalue weighted by Gasteiger charge is 2.34. The Morgan fingerprint density at radius 2 is 2.27 bits per heavy atom. The first kappa shape index (κ1) is 12.4. The highest BCUT2D eigenvalue weighted by molar-refractivity contribution is 9.10. The van der Waals surface area contributed by atoms with E-state index in [1.54, 1.807) is 12.1 Å². The average Bonchev–Trinajstić information content (AvgIpc) is 2.82. The van der Waals surface area contributed by atoms with Gasteiger partial charge in [0.05, 0.1) is 5.56 Å². The van der Waals surface area contributed by atoms with E-state index in [1.165, 1.54) is 6.20 Å². The lowest BCUT2D eigenvalue weighted by molar-refractivity contribution is 0.0950. The van der Waals surface area contributed by atoms with Crippen LogP contribution in [-0.2, 0) is 0 Å². The second-order valence-corrected chi connectivity index (χ2v) is 4.16. The lowest BCUT2D eigenvalue weighted by Crippen LogP contribution is -2.29. The zero-order valence-corrected chi connectivity index (χ0v) is 10.2. The fourth-order valence-electron chi connectivity index (χ4n) is 1.14. The normalized spacial score (nSPS) is 22.8. The van der Waals surface area contributed by atoms with Gasteiger partial charge < -0.3 is 11.1 Å². The van der Waals surface area contributed by atoms with E-state index in [2.05, 4.69) is 26.2 Å². The van der Waals surface area contributed by atoms with Crippen LogP contribution in [0.25, 0.3) is 0 Å². The van der Waals surface area contributed by atoms with E-state index in [0.29, 0.717) is 5.56 Å². The molecule has 3 N–H and O–H groups in total. The summed E-state index contributed by atoms with van der Waals surface area (Å²) in [7, 11) is 0. The number of nitrogens with zero attached hydrogens (tertiary/aromatic N) is 1. The first-order valence-corrected chi connectivity index (χ1v) is 5.14. The quantitative estimate of drug-likeness (QED) is 0.802. The molecule has 1 aliphatic rings. The molecule has 1 amide bonds. The second-order valence-electron chi connectivity index (χ2n) is 3.35. The number of hydrogen-bond acceptors (Lipinski definition) is 3. The molecule has 1 saturated carbocycles. The number of hydrogen-bond donors (Lipinski definition) is 2. The summed E-state index contributed by atoms with van der Waals surface area (Å²) in [5.74, 6) is -0.108. The molecule has 0 aliphatic heterocycles. The second kappa shape index (κ2) is 4.92. The molecule has 1 heterocycles. The molecule has 0 radical (unpaired) electrons. The molecular formula is C9H11BrClN3O. The molecule has 0 aromatic carbocycles. The Hall–Kier alpha value is -0.650. The van der Waals surface area contributed by atoms with Crippen molar-refractivity contribution in [3.63, 3.8) is 0 Å². The van der Waals surface area contributed by atoms with Crippen molar-refractivity contribution in [2.24, 2.45) is 5.73 Å². The number of carbonyl (C=O) groups is 1. The molecule has 1 aromatic rings. The van der Waals surface area contributed by atoms with Gasteiger partial charge in [-0.15, -0.1) is 12.4 Å². The molecule has 1 aliphatic carbocycles. The highest BCUT2D eigenvalue weighted by Crippen LogP contribution is 2.18. The SMILES string of the molecule is Cl.NC1CC1NC(=O)c1ccc(Br)nc1. The van der Waals surface area contributed by atoms with Crippen LogP contribution >= 0.6 is 28.3 Å². The summed E-state index contributed by atoms with van der Waals surface area (Å²) >= 11 is 3.20. The number of nitrogens with two attached hydrogens (primary N) is 1. The maximum absolute atomic E-state index is 11.5. The Morgan fingerprint density at radius 3 is 2.73 bits per heavy atom. The van der Waals surface area contributed by atoms with E-state index >= 15 is 0 Å². The number of nitrogens with one attached hydrogen (secondary N) is 1. The van der Waals surface area contributed by atoms with Crippen LogP contribution in [-0.4, -0.2) is 23.0 Å². The fourth-order valence-corrected chi connectivity index (χ4v) is 1.38. The number of aromatic nitrogens is 1. The van der Waals surface area contributed by atoms with E-state index in [0.717, 1.165) is 11.0 Å². The van der Waals surface area contributed by atoms with Gasteiger partial charge in [0, 0.05) is 18.3 Å². The van der Waals surface area contributed by atoms with Gasteiger partial charge in [-0.2, -0.15) is 0 Å². The summed E-state index contributed by atoms with van der Waals surface area (Å²) < 4.78 is 0.720. The van der Waals surface area contributed by atoms with Crippen LogP contribution in [0.15, 0.2) is 22.9 Å². The van der Waals surface area contributed by atoms with Crippen LogP contribution in [0.3, 0.4) is 0 Å². The summed E-state index contributed by atoms with van der Waals surface area (Å²) in [4.78, 5) is 15.5. The maximum atomic E-state index is 11.5. The van der Waals surface area contributed by atoms with Gasteiger partial charge in [-0.05, 0) is 34.5 Å². The first-order chi connectivity index (χ1) is 6.66. The predicted octanol–water partition coefficient (Wildman–Crippen LogP) is 1.10. The lowest BCUT2D eigenvalue weighted by Gasteiger charge is -2.02. The minimum absolute atomic E-state index is 0. The van der Waals surface area contributed by atoms with Crippen molar-refractivity contribution in [2.45, 2.75) is 18.5 Å². The molecule has 2 atom stereocenters. The summed E-state index contributed by atoms with van der Waals surface area (Å²) in [6.45, 7) is 0. The van der Waals surface area contributed by atoms with Gasteiger partial charge in [0.1, 0.15) is 4.60 Å². The third kappa shape index (κ3) is 3.15. The molecular weight excluding hydrogens is 281 g/mol. The molecule has 2 unspecified atom stereocenters. The van der Waals surface area contributed by atoms with E-state index in [-0.39, 0.29) is 30.4 Å². The summed E-state index contributed by atoms with van der Waals surface area (Å²) in [6.07, 6.45) is 2.41. The first-order valence-electron chi connectivity index (χ1n) is 4.35. The number of pyridine rings is 1. The minimum Gasteiger partial charge on any atom is -0.348 e. The zero-order valence-electron chi connectivity index (χ0n) is 7.81. The van der Waals surface area contributed by atoms with Crippen LogP contribution < -0.4 is 11.1 Å². The predicted molar refractivity (Wildman–Crippen MR) is 63.0 cm³/mol. The van der Waals surface area contributed by atoms with Gasteiger partial charge >= 0.3 is 0 Å². The van der Waals surface area contributed by atoms with E-state index in [9.17, 15) is 4.79 Å². The smallest absolute Gasteiger partial charge is 0.253 e. The Labute approximate surface area is 102 Å². The fraction of sp³-hybridized carbons (Fsp3) is 0.333. The van der Waals surface area contributed by atoms with Gasteiger partial charge in [-0.25, -0.2) is 4.98 Å². The van der Waals surface area contributed by atoms with Crippen LogP contribution in [0.5, 0.6) is 0 Å². The minimum atomic E-state index is -0.108. The topological polar surface area (TPSA) is 68.0 Å². The van der Waals surface area contributed by atoms with Gasteiger partial charge in [-0.3, -0.25) is 4.79 Å². The molecule has 0 bridgehead atoms. The van der Waals surface area contributed by atoms with Crippen molar-refractivity contribution in [3.8, 4) is 0 Å². The molecule has 1 fully saturated rings. The van der Waals surface area contributed by atoms with Gasteiger partial charge in [0.25, 0.3) is 5.91 Å². The molecule has 0 saturated heterocycles. The van der Waals surface area contributed by atoms with Crippen LogP contribution in [0.4, 0.5) is 0 Å². The summed E-state index contributed by atoms with van der Waals surface area (Å²) in [5, 5.41) is 2.82. The zero-order chi connectivity index (χ0) is 10.1. The lowest BCUT2D eigenvalue weighted by atomic mass is 10.3. The van der Waals surface area contributed by atoms with Gasteiger partial charge in [-0.1, -0.05) is 0 Å². The standard InChI is InChI=1S/C9H10BrN3O.ClH/c10-8-2-1-5(4-12-8)9(14)13-7-3-6(7)11;/h1-2,4,6-7H,3,11H2,(H,13,14);1H. The van der Waals surface area contributed by atoms with Crippen molar-refractivity contribution in [2.75, 3.05) is 0 Å². The molecule has 15 heavy (non-hydrogen) atoms. The van der Waals surface area contributed by atoms with Crippen molar-refractivity contribution in [1.82, 2.24) is 10.3 Å². The maximum Gasteiger partial charge on any atom is 0.253 e. The Bertz CT molecular complexity index is 357. The van der Waals surface area contributed by atoms with E-state index < -0.39 is 0 Å². The summed E-state index contributed by atoms with van der Waals surface area (Å²) in [5.41, 5.74) is 6.14. The van der Waals surface area contributed by atoms with Gasteiger partial charge in [0.2, 0.25) is 0 Å². The molecule has 82 valence electrons. The van der Waals surface area contributed by atoms with Crippen molar-refractivity contribution < 1.29 is 4.79 Å². The van der Waals surface area contributed by atoms with E-state index in [1.807, 2.05) is 0 Å². The number of carbonyl (C=O) groups excluding carboxylic acids is 1. The molecule has 1 aromatic heterocycles. The van der Waals surface area contributed by atoms with E-state index in [4.69, 9.17) is 5.73 Å².